The minimum atomic E-state index is 0.0395. The number of benzene rings is 1. The highest BCUT2D eigenvalue weighted by Gasteiger charge is 2.18. The maximum absolute atomic E-state index is 12.2. The lowest BCUT2D eigenvalue weighted by Crippen LogP contribution is -2.44. The van der Waals surface area contributed by atoms with Crippen molar-refractivity contribution in [2.75, 3.05) is 19.8 Å². The van der Waals surface area contributed by atoms with E-state index in [0.29, 0.717) is 19.6 Å². The van der Waals surface area contributed by atoms with Crippen LogP contribution in [0.3, 0.4) is 0 Å². The summed E-state index contributed by atoms with van der Waals surface area (Å²) in [5, 5.41) is 10.9. The Labute approximate surface area is 148 Å². The first-order valence-corrected chi connectivity index (χ1v) is 8.78. The van der Waals surface area contributed by atoms with Crippen molar-refractivity contribution in [3.05, 3.63) is 52.8 Å². The molecule has 1 aromatic carbocycles. The van der Waals surface area contributed by atoms with Crippen molar-refractivity contribution in [2.45, 2.75) is 39.4 Å². The van der Waals surface area contributed by atoms with Gasteiger partial charge in [0.05, 0.1) is 25.5 Å². The standard InChI is InChI=1S/C19H26N4O2/c1-14-18(11-21-19(24)10-17-13-25-9-8-20-17)15(2)23(22-14)12-16-6-4-3-5-7-16/h3-7,17,20H,8-13H2,1-2H3,(H,21,24). The fourth-order valence-electron chi connectivity index (χ4n) is 3.13. The zero-order chi connectivity index (χ0) is 17.6. The molecule has 1 saturated heterocycles. The summed E-state index contributed by atoms with van der Waals surface area (Å²) in [7, 11) is 0. The van der Waals surface area contributed by atoms with Crippen LogP contribution in [0.2, 0.25) is 0 Å². The molecule has 1 aliphatic heterocycles. The highest BCUT2D eigenvalue weighted by atomic mass is 16.5. The summed E-state index contributed by atoms with van der Waals surface area (Å²) in [5.41, 5.74) is 4.37. The number of ether oxygens (including phenoxy) is 1. The summed E-state index contributed by atoms with van der Waals surface area (Å²) in [6.45, 7) is 7.43. The van der Waals surface area contributed by atoms with Crippen molar-refractivity contribution >= 4 is 5.91 Å². The molecule has 0 aliphatic carbocycles. The van der Waals surface area contributed by atoms with Crippen LogP contribution in [0, 0.1) is 13.8 Å². The molecule has 1 atom stereocenters. The molecule has 1 fully saturated rings. The van der Waals surface area contributed by atoms with Gasteiger partial charge in [0.15, 0.2) is 0 Å². The number of rotatable bonds is 6. The van der Waals surface area contributed by atoms with E-state index >= 15 is 0 Å². The van der Waals surface area contributed by atoms with Gasteiger partial charge in [-0.15, -0.1) is 0 Å². The van der Waals surface area contributed by atoms with E-state index in [1.165, 1.54) is 5.56 Å². The summed E-state index contributed by atoms with van der Waals surface area (Å²) in [5.74, 6) is 0.0395. The molecule has 6 nitrogen and oxygen atoms in total. The lowest BCUT2D eigenvalue weighted by molar-refractivity contribution is -0.122. The largest absolute Gasteiger partial charge is 0.378 e. The third-order valence-corrected chi connectivity index (χ3v) is 4.60. The van der Waals surface area contributed by atoms with E-state index < -0.39 is 0 Å². The second-order valence-corrected chi connectivity index (χ2v) is 6.50. The second kappa shape index (κ2) is 8.27. The topological polar surface area (TPSA) is 68.2 Å². The average Bonchev–Trinajstić information content (AvgIpc) is 2.88. The number of aromatic nitrogens is 2. The summed E-state index contributed by atoms with van der Waals surface area (Å²) in [6, 6.07) is 10.4. The zero-order valence-electron chi connectivity index (χ0n) is 14.9. The highest BCUT2D eigenvalue weighted by molar-refractivity contribution is 5.76. The van der Waals surface area contributed by atoms with E-state index in [1.54, 1.807) is 0 Å². The quantitative estimate of drug-likeness (QED) is 0.836. The Hall–Kier alpha value is -2.18. The molecule has 1 aliphatic rings. The Bertz CT molecular complexity index is 706. The van der Waals surface area contributed by atoms with Crippen LogP contribution in [-0.2, 0) is 22.6 Å². The Kier molecular flexibility index (Phi) is 5.83. The fourth-order valence-corrected chi connectivity index (χ4v) is 3.13. The Balaban J connectivity index is 1.58. The number of hydrogen-bond acceptors (Lipinski definition) is 4. The molecule has 1 amide bonds. The van der Waals surface area contributed by atoms with Gasteiger partial charge in [0.25, 0.3) is 0 Å². The first-order valence-electron chi connectivity index (χ1n) is 8.78. The third kappa shape index (κ3) is 4.67. The van der Waals surface area contributed by atoms with Crippen LogP contribution in [-0.4, -0.2) is 41.5 Å². The van der Waals surface area contributed by atoms with Crippen molar-refractivity contribution in [3.63, 3.8) is 0 Å². The van der Waals surface area contributed by atoms with Crippen LogP contribution in [0.1, 0.15) is 28.9 Å². The molecule has 0 saturated carbocycles. The molecule has 2 aromatic rings. The van der Waals surface area contributed by atoms with E-state index in [0.717, 1.165) is 36.6 Å². The van der Waals surface area contributed by atoms with Crippen LogP contribution in [0.15, 0.2) is 30.3 Å². The monoisotopic (exact) mass is 342 g/mol. The summed E-state index contributed by atoms with van der Waals surface area (Å²) in [4.78, 5) is 12.2. The molecular formula is C19H26N4O2. The van der Waals surface area contributed by atoms with Gasteiger partial charge in [-0.3, -0.25) is 9.48 Å². The number of nitrogens with zero attached hydrogens (tertiary/aromatic N) is 2. The van der Waals surface area contributed by atoms with E-state index in [9.17, 15) is 4.79 Å². The number of carbonyl (C=O) groups is 1. The summed E-state index contributed by atoms with van der Waals surface area (Å²) < 4.78 is 7.39. The summed E-state index contributed by atoms with van der Waals surface area (Å²) in [6.07, 6.45) is 0.441. The Morgan fingerprint density at radius 2 is 2.16 bits per heavy atom. The molecular weight excluding hydrogens is 316 g/mol. The molecule has 1 unspecified atom stereocenters. The van der Waals surface area contributed by atoms with Gasteiger partial charge in [-0.25, -0.2) is 0 Å². The van der Waals surface area contributed by atoms with Gasteiger partial charge >= 0.3 is 0 Å². The number of nitrogens with one attached hydrogen (secondary N) is 2. The smallest absolute Gasteiger partial charge is 0.221 e. The number of hydrogen-bond donors (Lipinski definition) is 2. The van der Waals surface area contributed by atoms with Gasteiger partial charge in [0, 0.05) is 36.8 Å². The van der Waals surface area contributed by atoms with Crippen molar-refractivity contribution in [1.29, 1.82) is 0 Å². The molecule has 6 heteroatoms. The van der Waals surface area contributed by atoms with Crippen LogP contribution < -0.4 is 10.6 Å². The van der Waals surface area contributed by atoms with Crippen molar-refractivity contribution < 1.29 is 9.53 Å². The van der Waals surface area contributed by atoms with Gasteiger partial charge in [-0.2, -0.15) is 5.10 Å². The average molecular weight is 342 g/mol. The molecule has 134 valence electrons. The molecule has 2 N–H and O–H groups in total. The van der Waals surface area contributed by atoms with Crippen molar-refractivity contribution in [3.8, 4) is 0 Å². The molecule has 0 spiro atoms. The molecule has 25 heavy (non-hydrogen) atoms. The van der Waals surface area contributed by atoms with Crippen LogP contribution in [0.25, 0.3) is 0 Å². The van der Waals surface area contributed by atoms with Gasteiger partial charge in [-0.05, 0) is 19.4 Å². The van der Waals surface area contributed by atoms with Gasteiger partial charge in [0.1, 0.15) is 0 Å². The minimum absolute atomic E-state index is 0.0395. The lowest BCUT2D eigenvalue weighted by atomic mass is 10.1. The molecule has 3 rings (SSSR count). The summed E-state index contributed by atoms with van der Waals surface area (Å²) >= 11 is 0. The maximum atomic E-state index is 12.2. The van der Waals surface area contributed by atoms with Crippen LogP contribution in [0.4, 0.5) is 0 Å². The first kappa shape index (κ1) is 17.6. The first-order chi connectivity index (χ1) is 12.1. The number of morpholine rings is 1. The van der Waals surface area contributed by atoms with Crippen LogP contribution >= 0.6 is 0 Å². The highest BCUT2D eigenvalue weighted by Crippen LogP contribution is 2.15. The van der Waals surface area contributed by atoms with Crippen molar-refractivity contribution in [2.24, 2.45) is 0 Å². The van der Waals surface area contributed by atoms with Gasteiger partial charge in [-0.1, -0.05) is 30.3 Å². The molecule has 1 aromatic heterocycles. The van der Waals surface area contributed by atoms with E-state index in [4.69, 9.17) is 4.74 Å². The SMILES string of the molecule is Cc1nn(Cc2ccccc2)c(C)c1CNC(=O)CC1COCCN1. The second-order valence-electron chi connectivity index (χ2n) is 6.50. The predicted molar refractivity (Wildman–Crippen MR) is 96.3 cm³/mol. The lowest BCUT2D eigenvalue weighted by Gasteiger charge is -2.23. The number of carbonyl (C=O) groups excluding carboxylic acids is 1. The fraction of sp³-hybridized carbons (Fsp3) is 0.474. The zero-order valence-corrected chi connectivity index (χ0v) is 14.9. The minimum Gasteiger partial charge on any atom is -0.378 e. The van der Waals surface area contributed by atoms with E-state index in [2.05, 4.69) is 34.8 Å². The molecule has 2 heterocycles. The van der Waals surface area contributed by atoms with E-state index in [1.807, 2.05) is 29.8 Å². The molecule has 0 bridgehead atoms. The number of amides is 1. The predicted octanol–water partition coefficient (Wildman–Crippen LogP) is 1.54. The Morgan fingerprint density at radius 1 is 1.36 bits per heavy atom. The van der Waals surface area contributed by atoms with Gasteiger partial charge in [0.2, 0.25) is 5.91 Å². The molecule has 0 radical (unpaired) electrons. The number of aryl methyl sites for hydroxylation is 1. The third-order valence-electron chi connectivity index (χ3n) is 4.60. The normalized spacial score (nSPS) is 17.4. The maximum Gasteiger partial charge on any atom is 0.221 e. The van der Waals surface area contributed by atoms with Gasteiger partial charge < -0.3 is 15.4 Å². The van der Waals surface area contributed by atoms with Crippen molar-refractivity contribution in [1.82, 2.24) is 20.4 Å². The van der Waals surface area contributed by atoms with Crippen LogP contribution in [0.5, 0.6) is 0 Å². The Morgan fingerprint density at radius 3 is 2.88 bits per heavy atom. The van der Waals surface area contributed by atoms with E-state index in [-0.39, 0.29) is 11.9 Å².